The Labute approximate surface area is 158 Å². The Hall–Kier alpha value is -1.95. The van der Waals surface area contributed by atoms with Gasteiger partial charge in [0.25, 0.3) is 5.89 Å². The molecule has 0 spiro atoms. The van der Waals surface area contributed by atoms with Crippen molar-refractivity contribution in [2.24, 2.45) is 5.41 Å². The van der Waals surface area contributed by atoms with Crippen molar-refractivity contribution in [3.05, 3.63) is 41.6 Å². The second kappa shape index (κ2) is 6.34. The number of fused-ring (bicyclic) bond motifs is 2. The van der Waals surface area contributed by atoms with Gasteiger partial charge in [-0.2, -0.15) is 4.98 Å². The number of anilines is 2. The molecule has 2 fully saturated rings. The number of nitrogens with zero attached hydrogens (tertiary/aromatic N) is 2. The maximum absolute atomic E-state index is 5.56. The van der Waals surface area contributed by atoms with Crippen LogP contribution in [-0.2, 0) is 0 Å². The third-order valence-electron chi connectivity index (χ3n) is 5.90. The van der Waals surface area contributed by atoms with Crippen molar-refractivity contribution in [1.82, 2.24) is 10.1 Å². The third kappa shape index (κ3) is 3.00. The highest BCUT2D eigenvalue weighted by molar-refractivity contribution is 7.99. The zero-order chi connectivity index (χ0) is 17.6. The highest BCUT2D eigenvalue weighted by Gasteiger charge is 2.46. The predicted molar refractivity (Wildman–Crippen MR) is 106 cm³/mol. The molecule has 2 saturated carbocycles. The number of aromatic nitrogens is 2. The van der Waals surface area contributed by atoms with Crippen LogP contribution in [0.4, 0.5) is 11.4 Å². The molecule has 26 heavy (non-hydrogen) atoms. The standard InChI is InChI=1S/C20H24N4OS/c1-26-24-16-4-2-3-15(9-16)21-12-20-8-7-17(14(10-20)11-20)19-22-18(23-25-19)13-5-6-13/h2-4,9,13,21,24H,5-8,10-12H2,1H3. The molecule has 0 atom stereocenters. The Balaban J connectivity index is 1.23. The summed E-state index contributed by atoms with van der Waals surface area (Å²) in [5.41, 5.74) is 5.59. The van der Waals surface area contributed by atoms with Gasteiger partial charge < -0.3 is 14.6 Å². The number of rotatable bonds is 7. The summed E-state index contributed by atoms with van der Waals surface area (Å²) in [6.45, 7) is 1.03. The van der Waals surface area contributed by atoms with E-state index in [-0.39, 0.29) is 0 Å². The van der Waals surface area contributed by atoms with Crippen LogP contribution in [0.15, 0.2) is 34.4 Å². The summed E-state index contributed by atoms with van der Waals surface area (Å²) in [7, 11) is 0. The number of benzene rings is 1. The van der Waals surface area contributed by atoms with Crippen molar-refractivity contribution in [3.8, 4) is 0 Å². The Morgan fingerprint density at radius 1 is 1.27 bits per heavy atom. The van der Waals surface area contributed by atoms with Crippen molar-refractivity contribution in [3.63, 3.8) is 0 Å². The van der Waals surface area contributed by atoms with Crippen LogP contribution in [0.5, 0.6) is 0 Å². The molecule has 1 aromatic carbocycles. The van der Waals surface area contributed by atoms with Gasteiger partial charge in [-0.05, 0) is 62.1 Å². The van der Waals surface area contributed by atoms with Gasteiger partial charge >= 0.3 is 0 Å². The number of hydrogen-bond donors (Lipinski definition) is 2. The van der Waals surface area contributed by atoms with Crippen LogP contribution in [0.3, 0.4) is 0 Å². The molecule has 4 aliphatic carbocycles. The number of hydrogen-bond acceptors (Lipinski definition) is 6. The smallest absolute Gasteiger partial charge is 0.253 e. The van der Waals surface area contributed by atoms with E-state index in [4.69, 9.17) is 4.52 Å². The van der Waals surface area contributed by atoms with Crippen LogP contribution < -0.4 is 10.0 Å². The van der Waals surface area contributed by atoms with Gasteiger partial charge in [0.05, 0.1) is 0 Å². The van der Waals surface area contributed by atoms with E-state index >= 15 is 0 Å². The van der Waals surface area contributed by atoms with Gasteiger partial charge in [0.1, 0.15) is 0 Å². The van der Waals surface area contributed by atoms with Crippen molar-refractivity contribution in [1.29, 1.82) is 0 Å². The summed E-state index contributed by atoms with van der Waals surface area (Å²) in [5.74, 6) is 2.27. The van der Waals surface area contributed by atoms with Gasteiger partial charge in [-0.3, -0.25) is 0 Å². The SMILES string of the molecule is CSNc1cccc(NCC23CCC(c4nc(C5CC5)no4)=C(C2)C3)c1. The summed E-state index contributed by atoms with van der Waals surface area (Å²) in [4.78, 5) is 4.65. The molecule has 0 aliphatic heterocycles. The first-order valence-electron chi connectivity index (χ1n) is 9.42. The Morgan fingerprint density at radius 3 is 2.85 bits per heavy atom. The van der Waals surface area contributed by atoms with E-state index in [0.717, 1.165) is 30.4 Å². The highest BCUT2D eigenvalue weighted by atomic mass is 32.2. The lowest BCUT2D eigenvalue weighted by molar-refractivity contribution is 0.191. The quantitative estimate of drug-likeness (QED) is 0.665. The molecule has 6 rings (SSSR count). The van der Waals surface area contributed by atoms with Gasteiger partial charge in [-0.15, -0.1) is 0 Å². The van der Waals surface area contributed by atoms with Gasteiger partial charge in [0.2, 0.25) is 0 Å². The average molecular weight is 369 g/mol. The van der Waals surface area contributed by atoms with Crippen LogP contribution in [0, 0.1) is 5.41 Å². The van der Waals surface area contributed by atoms with Crippen molar-refractivity contribution < 1.29 is 4.52 Å². The number of nitrogens with one attached hydrogen (secondary N) is 2. The Bertz CT molecular complexity index is 847. The minimum Gasteiger partial charge on any atom is -0.384 e. The number of allylic oxidation sites excluding steroid dienone is 2. The highest BCUT2D eigenvalue weighted by Crippen LogP contribution is 2.57. The molecule has 0 amide bonds. The van der Waals surface area contributed by atoms with Crippen LogP contribution in [0.25, 0.3) is 5.57 Å². The van der Waals surface area contributed by atoms with Crippen LogP contribution in [0.1, 0.15) is 56.2 Å². The van der Waals surface area contributed by atoms with E-state index in [0.29, 0.717) is 11.3 Å². The molecular formula is C20H24N4OS. The summed E-state index contributed by atoms with van der Waals surface area (Å²) in [5, 5.41) is 7.83. The van der Waals surface area contributed by atoms with Gasteiger partial charge in [-0.25, -0.2) is 0 Å². The molecule has 0 saturated heterocycles. The molecule has 2 aromatic rings. The minimum absolute atomic E-state index is 0.404. The first-order chi connectivity index (χ1) is 12.7. The predicted octanol–water partition coefficient (Wildman–Crippen LogP) is 5.08. The summed E-state index contributed by atoms with van der Waals surface area (Å²) >= 11 is 1.62. The Kier molecular flexibility index (Phi) is 3.96. The second-order valence-corrected chi connectivity index (χ2v) is 8.52. The second-order valence-electron chi connectivity index (χ2n) is 7.91. The van der Waals surface area contributed by atoms with Gasteiger partial charge in [-0.1, -0.05) is 28.7 Å². The molecule has 1 aromatic heterocycles. The first-order valence-corrected chi connectivity index (χ1v) is 10.6. The van der Waals surface area contributed by atoms with Crippen LogP contribution >= 0.6 is 11.9 Å². The molecule has 2 N–H and O–H groups in total. The zero-order valence-electron chi connectivity index (χ0n) is 15.0. The largest absolute Gasteiger partial charge is 0.384 e. The Morgan fingerprint density at radius 2 is 2.12 bits per heavy atom. The lowest BCUT2D eigenvalue weighted by atomic mass is 9.57. The summed E-state index contributed by atoms with van der Waals surface area (Å²) in [6, 6.07) is 8.51. The fraction of sp³-hybridized carbons (Fsp3) is 0.500. The van der Waals surface area contributed by atoms with Crippen molar-refractivity contribution in [2.45, 2.75) is 44.4 Å². The van der Waals surface area contributed by atoms with E-state index in [1.165, 1.54) is 48.9 Å². The molecule has 5 nitrogen and oxygen atoms in total. The molecule has 2 bridgehead atoms. The summed E-state index contributed by atoms with van der Waals surface area (Å²) < 4.78 is 8.84. The molecule has 1 heterocycles. The average Bonchev–Trinajstić information content (AvgIpc) is 3.37. The fourth-order valence-corrected chi connectivity index (χ4v) is 4.61. The molecule has 0 radical (unpaired) electrons. The van der Waals surface area contributed by atoms with E-state index in [1.807, 2.05) is 6.26 Å². The van der Waals surface area contributed by atoms with Crippen LogP contribution in [-0.4, -0.2) is 22.9 Å². The zero-order valence-corrected chi connectivity index (χ0v) is 15.9. The van der Waals surface area contributed by atoms with E-state index in [9.17, 15) is 0 Å². The normalized spacial score (nSPS) is 20.7. The summed E-state index contributed by atoms with van der Waals surface area (Å²) in [6.07, 6.45) is 9.07. The van der Waals surface area contributed by atoms with E-state index in [2.05, 4.69) is 44.4 Å². The van der Waals surface area contributed by atoms with Gasteiger partial charge in [0.15, 0.2) is 5.82 Å². The van der Waals surface area contributed by atoms with E-state index < -0.39 is 0 Å². The third-order valence-corrected chi connectivity index (χ3v) is 6.34. The fourth-order valence-electron chi connectivity index (χ4n) is 4.25. The lowest BCUT2D eigenvalue weighted by Gasteiger charge is -2.49. The first kappa shape index (κ1) is 16.2. The topological polar surface area (TPSA) is 63.0 Å². The molecule has 136 valence electrons. The van der Waals surface area contributed by atoms with Crippen molar-refractivity contribution >= 4 is 28.9 Å². The molecule has 6 heteroatoms. The molecule has 0 unspecified atom stereocenters. The molecular weight excluding hydrogens is 344 g/mol. The van der Waals surface area contributed by atoms with E-state index in [1.54, 1.807) is 11.9 Å². The monoisotopic (exact) mass is 368 g/mol. The maximum atomic E-state index is 5.56. The van der Waals surface area contributed by atoms with Crippen molar-refractivity contribution in [2.75, 3.05) is 22.8 Å². The van der Waals surface area contributed by atoms with Gasteiger partial charge in [0, 0.05) is 35.7 Å². The van der Waals surface area contributed by atoms with Crippen LogP contribution in [0.2, 0.25) is 0 Å². The minimum atomic E-state index is 0.404. The molecule has 4 aliphatic rings. The maximum Gasteiger partial charge on any atom is 0.253 e. The lowest BCUT2D eigenvalue weighted by Crippen LogP contribution is -2.41.